The molecule has 0 radical (unpaired) electrons. The molecule has 1 aromatic heterocycles. The Morgan fingerprint density at radius 3 is 2.69 bits per heavy atom. The standard InChI is InChI=1S/C20H18N4O2/c1-12-5-4-7-14(11-12)20(26)23-24-18-15-8-3-2-6-13(15)9-10-16(18)17(22-24)19(21)25/h2-8,11H,9-10H2,1H3,(H2,21,25)(H,23,26). The lowest BCUT2D eigenvalue weighted by molar-refractivity contribution is 0.0983. The summed E-state index contributed by atoms with van der Waals surface area (Å²) in [6.07, 6.45) is 1.46. The van der Waals surface area contributed by atoms with Crippen molar-refractivity contribution in [1.82, 2.24) is 9.89 Å². The van der Waals surface area contributed by atoms with E-state index in [0.29, 0.717) is 12.0 Å². The quantitative estimate of drug-likeness (QED) is 0.763. The molecule has 6 heteroatoms. The molecule has 26 heavy (non-hydrogen) atoms. The molecule has 0 spiro atoms. The molecule has 6 nitrogen and oxygen atoms in total. The normalized spacial score (nSPS) is 12.2. The molecule has 1 aliphatic carbocycles. The molecule has 1 heterocycles. The van der Waals surface area contributed by atoms with Crippen LogP contribution in [0.15, 0.2) is 48.5 Å². The van der Waals surface area contributed by atoms with E-state index in [0.717, 1.165) is 34.4 Å². The molecule has 130 valence electrons. The van der Waals surface area contributed by atoms with E-state index in [2.05, 4.69) is 10.5 Å². The monoisotopic (exact) mass is 346 g/mol. The fourth-order valence-corrected chi connectivity index (χ4v) is 3.42. The fourth-order valence-electron chi connectivity index (χ4n) is 3.42. The highest BCUT2D eigenvalue weighted by atomic mass is 16.2. The van der Waals surface area contributed by atoms with Crippen LogP contribution >= 0.6 is 0 Å². The second kappa shape index (κ2) is 6.15. The predicted molar refractivity (Wildman–Crippen MR) is 98.5 cm³/mol. The summed E-state index contributed by atoms with van der Waals surface area (Å²) >= 11 is 0. The number of hydrogen-bond acceptors (Lipinski definition) is 3. The molecular formula is C20H18N4O2. The number of rotatable bonds is 3. The van der Waals surface area contributed by atoms with Crippen molar-refractivity contribution >= 4 is 11.8 Å². The Morgan fingerprint density at radius 1 is 1.12 bits per heavy atom. The third-order valence-electron chi connectivity index (χ3n) is 4.62. The molecule has 0 saturated carbocycles. The number of fused-ring (bicyclic) bond motifs is 3. The lowest BCUT2D eigenvalue weighted by atomic mass is 9.89. The molecule has 4 rings (SSSR count). The number of primary amides is 1. The average Bonchev–Trinajstić information content (AvgIpc) is 3.01. The fraction of sp³-hybridized carbons (Fsp3) is 0.150. The van der Waals surface area contributed by atoms with Crippen molar-refractivity contribution in [3.63, 3.8) is 0 Å². The largest absolute Gasteiger partial charge is 0.364 e. The molecule has 2 amide bonds. The number of aryl methyl sites for hydroxylation is 2. The van der Waals surface area contributed by atoms with Gasteiger partial charge in [0.1, 0.15) is 0 Å². The van der Waals surface area contributed by atoms with Crippen molar-refractivity contribution in [3.05, 3.63) is 76.5 Å². The second-order valence-corrected chi connectivity index (χ2v) is 6.42. The van der Waals surface area contributed by atoms with Crippen LogP contribution in [0.25, 0.3) is 11.3 Å². The first-order valence-corrected chi connectivity index (χ1v) is 8.42. The van der Waals surface area contributed by atoms with Gasteiger partial charge >= 0.3 is 0 Å². The summed E-state index contributed by atoms with van der Waals surface area (Å²) in [6, 6.07) is 15.2. The summed E-state index contributed by atoms with van der Waals surface area (Å²) in [5, 5.41) is 4.29. The van der Waals surface area contributed by atoms with Crippen molar-refractivity contribution in [2.45, 2.75) is 19.8 Å². The van der Waals surface area contributed by atoms with E-state index in [9.17, 15) is 9.59 Å². The van der Waals surface area contributed by atoms with Crippen LogP contribution in [0.3, 0.4) is 0 Å². The van der Waals surface area contributed by atoms with E-state index in [1.165, 1.54) is 4.79 Å². The van der Waals surface area contributed by atoms with Crippen LogP contribution in [0.2, 0.25) is 0 Å². The number of nitrogens with two attached hydrogens (primary N) is 1. The van der Waals surface area contributed by atoms with Crippen LogP contribution in [0.5, 0.6) is 0 Å². The van der Waals surface area contributed by atoms with Gasteiger partial charge < -0.3 is 5.73 Å². The van der Waals surface area contributed by atoms with Gasteiger partial charge in [-0.05, 0) is 37.5 Å². The number of carbonyl (C=O) groups excluding carboxylic acids is 2. The Morgan fingerprint density at radius 2 is 1.92 bits per heavy atom. The first-order chi connectivity index (χ1) is 12.5. The summed E-state index contributed by atoms with van der Waals surface area (Å²) < 4.78 is 0. The van der Waals surface area contributed by atoms with Crippen LogP contribution in [-0.4, -0.2) is 21.7 Å². The van der Waals surface area contributed by atoms with Crippen molar-refractivity contribution in [2.75, 3.05) is 5.43 Å². The van der Waals surface area contributed by atoms with Gasteiger partial charge in [0.05, 0.1) is 5.69 Å². The zero-order valence-electron chi connectivity index (χ0n) is 14.3. The van der Waals surface area contributed by atoms with E-state index in [4.69, 9.17) is 5.73 Å². The highest BCUT2D eigenvalue weighted by Crippen LogP contribution is 2.34. The van der Waals surface area contributed by atoms with Gasteiger partial charge in [-0.25, -0.2) is 5.43 Å². The minimum atomic E-state index is -0.593. The Kier molecular flexibility index (Phi) is 3.80. The van der Waals surface area contributed by atoms with Crippen LogP contribution < -0.4 is 11.2 Å². The molecule has 0 unspecified atom stereocenters. The maximum atomic E-state index is 12.7. The van der Waals surface area contributed by atoms with E-state index in [1.807, 2.05) is 43.3 Å². The number of aromatic nitrogens is 2. The number of benzene rings is 2. The van der Waals surface area contributed by atoms with Crippen molar-refractivity contribution in [2.24, 2.45) is 5.73 Å². The topological polar surface area (TPSA) is 90.0 Å². The van der Waals surface area contributed by atoms with Gasteiger partial charge in [0.25, 0.3) is 11.8 Å². The maximum Gasteiger partial charge on any atom is 0.271 e. The van der Waals surface area contributed by atoms with Gasteiger partial charge in [-0.15, -0.1) is 5.10 Å². The van der Waals surface area contributed by atoms with Gasteiger partial charge in [-0.2, -0.15) is 4.79 Å². The smallest absolute Gasteiger partial charge is 0.271 e. The molecule has 3 N–H and O–H groups in total. The third kappa shape index (κ3) is 2.65. The molecule has 0 aliphatic heterocycles. The van der Waals surface area contributed by atoms with Gasteiger partial charge in [0.2, 0.25) is 0 Å². The number of hydrogen-bond donors (Lipinski definition) is 2. The second-order valence-electron chi connectivity index (χ2n) is 6.42. The Bertz CT molecular complexity index is 1040. The third-order valence-corrected chi connectivity index (χ3v) is 4.62. The average molecular weight is 346 g/mol. The first-order valence-electron chi connectivity index (χ1n) is 8.42. The molecule has 2 aromatic carbocycles. The number of carbonyl (C=O) groups is 2. The first kappa shape index (κ1) is 16.1. The van der Waals surface area contributed by atoms with E-state index in [1.54, 1.807) is 12.1 Å². The highest BCUT2D eigenvalue weighted by Gasteiger charge is 2.28. The van der Waals surface area contributed by atoms with E-state index >= 15 is 0 Å². The lowest BCUT2D eigenvalue weighted by Gasteiger charge is -2.18. The number of nitrogens with zero attached hydrogens (tertiary/aromatic N) is 2. The van der Waals surface area contributed by atoms with Crippen molar-refractivity contribution < 1.29 is 9.59 Å². The molecule has 0 fully saturated rings. The maximum absolute atomic E-state index is 12.7. The van der Waals surface area contributed by atoms with E-state index in [-0.39, 0.29) is 11.6 Å². The summed E-state index contributed by atoms with van der Waals surface area (Å²) in [4.78, 5) is 25.9. The van der Waals surface area contributed by atoms with Crippen LogP contribution in [0.1, 0.15) is 37.5 Å². The Hall–Kier alpha value is -3.41. The van der Waals surface area contributed by atoms with Crippen LogP contribution in [-0.2, 0) is 12.8 Å². The SMILES string of the molecule is Cc1cccc(C(=O)Nn2nc(C(N)=O)c3c2-c2ccccc2CC3)c1. The van der Waals surface area contributed by atoms with Gasteiger partial charge in [0.15, 0.2) is 5.69 Å². The zero-order chi connectivity index (χ0) is 18.3. The number of nitrogens with one attached hydrogen (secondary N) is 1. The highest BCUT2D eigenvalue weighted by molar-refractivity contribution is 6.01. The lowest BCUT2D eigenvalue weighted by Crippen LogP contribution is -2.26. The molecule has 3 aromatic rings. The van der Waals surface area contributed by atoms with Crippen LogP contribution in [0, 0.1) is 6.92 Å². The molecule has 0 atom stereocenters. The molecule has 0 saturated heterocycles. The van der Waals surface area contributed by atoms with Crippen molar-refractivity contribution in [1.29, 1.82) is 0 Å². The minimum absolute atomic E-state index is 0.207. The zero-order valence-corrected chi connectivity index (χ0v) is 14.3. The summed E-state index contributed by atoms with van der Waals surface area (Å²) in [6.45, 7) is 1.92. The Labute approximate surface area is 150 Å². The molecule has 1 aliphatic rings. The number of amides is 2. The minimum Gasteiger partial charge on any atom is -0.364 e. The summed E-state index contributed by atoms with van der Waals surface area (Å²) in [7, 11) is 0. The summed E-state index contributed by atoms with van der Waals surface area (Å²) in [5.74, 6) is -0.887. The predicted octanol–water partition coefficient (Wildman–Crippen LogP) is 2.44. The van der Waals surface area contributed by atoms with Crippen LogP contribution in [0.4, 0.5) is 0 Å². The Balaban J connectivity index is 1.80. The van der Waals surface area contributed by atoms with Gasteiger partial charge in [-0.1, -0.05) is 42.0 Å². The summed E-state index contributed by atoms with van der Waals surface area (Å²) in [5.41, 5.74) is 13.6. The molecular weight excluding hydrogens is 328 g/mol. The molecule has 0 bridgehead atoms. The van der Waals surface area contributed by atoms with E-state index < -0.39 is 5.91 Å². The van der Waals surface area contributed by atoms with Gasteiger partial charge in [0, 0.05) is 16.7 Å². The van der Waals surface area contributed by atoms with Gasteiger partial charge in [-0.3, -0.25) is 9.59 Å². The van der Waals surface area contributed by atoms with Crippen molar-refractivity contribution in [3.8, 4) is 11.3 Å².